The van der Waals surface area contributed by atoms with E-state index in [4.69, 9.17) is 0 Å². The van der Waals surface area contributed by atoms with Crippen molar-refractivity contribution in [2.75, 3.05) is 45.5 Å². The maximum Gasteiger partial charge on any atom is 0.223 e. The summed E-state index contributed by atoms with van der Waals surface area (Å²) in [6.45, 7) is 4.65. The van der Waals surface area contributed by atoms with Gasteiger partial charge in [-0.3, -0.25) is 4.79 Å². The molecular weight excluding hydrogens is 370 g/mol. The van der Waals surface area contributed by atoms with Crippen molar-refractivity contribution in [2.24, 2.45) is 5.92 Å². The number of carbonyl (C=O) groups excluding carboxylic acids is 1. The Morgan fingerprint density at radius 3 is 2.46 bits per heavy atom. The molecule has 6 nitrogen and oxygen atoms in total. The summed E-state index contributed by atoms with van der Waals surface area (Å²) in [6.07, 6.45) is 4.85. The number of hydrogen-bond acceptors (Lipinski definition) is 5. The molecule has 2 aliphatic rings. The summed E-state index contributed by atoms with van der Waals surface area (Å²) in [4.78, 5) is 16.2. The molecular formula is C18H29N3O3S2. The van der Waals surface area contributed by atoms with Gasteiger partial charge in [0.2, 0.25) is 15.9 Å². The molecule has 0 bridgehead atoms. The third kappa shape index (κ3) is 5.28. The van der Waals surface area contributed by atoms with Crippen LogP contribution in [0.5, 0.6) is 0 Å². The Morgan fingerprint density at radius 2 is 1.88 bits per heavy atom. The molecule has 2 saturated heterocycles. The van der Waals surface area contributed by atoms with Gasteiger partial charge in [-0.2, -0.15) is 0 Å². The van der Waals surface area contributed by atoms with E-state index in [0.29, 0.717) is 38.4 Å². The molecule has 2 fully saturated rings. The first kappa shape index (κ1) is 19.8. The van der Waals surface area contributed by atoms with Gasteiger partial charge in [0.25, 0.3) is 0 Å². The van der Waals surface area contributed by atoms with E-state index in [1.165, 1.54) is 28.3 Å². The van der Waals surface area contributed by atoms with Crippen molar-refractivity contribution in [3.05, 3.63) is 22.4 Å². The molecule has 0 saturated carbocycles. The van der Waals surface area contributed by atoms with Crippen molar-refractivity contribution in [1.29, 1.82) is 0 Å². The Kier molecular flexibility index (Phi) is 6.71. The summed E-state index contributed by atoms with van der Waals surface area (Å²) >= 11 is 1.85. The van der Waals surface area contributed by atoms with Gasteiger partial charge in [-0.1, -0.05) is 6.07 Å². The van der Waals surface area contributed by atoms with Gasteiger partial charge in [-0.05, 0) is 56.1 Å². The third-order valence-corrected chi connectivity index (χ3v) is 7.89. The Morgan fingerprint density at radius 1 is 1.19 bits per heavy atom. The standard InChI is InChI=1S/C18H29N3O3S2/c1-26(23,24)21-11-6-16(7-12-21)18(22)19-8-13-20-9-4-15(5-10-20)17-3-2-14-25-17/h2-3,14-16H,4-13H2,1H3,(H,19,22). The van der Waals surface area contributed by atoms with E-state index in [9.17, 15) is 13.2 Å². The minimum atomic E-state index is -3.13. The van der Waals surface area contributed by atoms with Crippen LogP contribution in [0.3, 0.4) is 0 Å². The molecule has 26 heavy (non-hydrogen) atoms. The number of thiophene rings is 1. The van der Waals surface area contributed by atoms with E-state index in [0.717, 1.165) is 19.6 Å². The molecule has 3 heterocycles. The van der Waals surface area contributed by atoms with Crippen LogP contribution in [0, 0.1) is 5.92 Å². The largest absolute Gasteiger partial charge is 0.355 e. The fourth-order valence-electron chi connectivity index (χ4n) is 3.90. The normalized spacial score (nSPS) is 21.7. The number of amides is 1. The summed E-state index contributed by atoms with van der Waals surface area (Å²) < 4.78 is 24.5. The predicted molar refractivity (Wildman–Crippen MR) is 105 cm³/mol. The maximum absolute atomic E-state index is 12.3. The van der Waals surface area contributed by atoms with Crippen molar-refractivity contribution in [1.82, 2.24) is 14.5 Å². The maximum atomic E-state index is 12.3. The summed E-state index contributed by atoms with van der Waals surface area (Å²) in [5.41, 5.74) is 0. The highest BCUT2D eigenvalue weighted by atomic mass is 32.2. The van der Waals surface area contributed by atoms with Crippen LogP contribution in [-0.2, 0) is 14.8 Å². The number of rotatable bonds is 6. The zero-order valence-electron chi connectivity index (χ0n) is 15.4. The summed E-state index contributed by atoms with van der Waals surface area (Å²) in [7, 11) is -3.13. The minimum absolute atomic E-state index is 0.0578. The third-order valence-electron chi connectivity index (χ3n) is 5.55. The van der Waals surface area contributed by atoms with Gasteiger partial charge in [0.05, 0.1) is 6.26 Å². The molecule has 3 rings (SSSR count). The van der Waals surface area contributed by atoms with E-state index in [1.807, 2.05) is 11.3 Å². The van der Waals surface area contributed by atoms with E-state index < -0.39 is 10.0 Å². The van der Waals surface area contributed by atoms with Crippen molar-refractivity contribution in [3.8, 4) is 0 Å². The molecule has 0 spiro atoms. The van der Waals surface area contributed by atoms with Crippen LogP contribution in [0.2, 0.25) is 0 Å². The number of hydrogen-bond donors (Lipinski definition) is 1. The van der Waals surface area contributed by atoms with Crippen LogP contribution in [0.4, 0.5) is 0 Å². The first-order chi connectivity index (χ1) is 12.4. The molecule has 1 N–H and O–H groups in total. The first-order valence-corrected chi connectivity index (χ1v) is 12.1. The lowest BCUT2D eigenvalue weighted by Gasteiger charge is -2.32. The molecule has 1 aromatic heterocycles. The second-order valence-electron chi connectivity index (χ2n) is 7.36. The van der Waals surface area contributed by atoms with Crippen molar-refractivity contribution < 1.29 is 13.2 Å². The average molecular weight is 400 g/mol. The molecule has 146 valence electrons. The van der Waals surface area contributed by atoms with E-state index >= 15 is 0 Å². The Balaban J connectivity index is 1.32. The summed E-state index contributed by atoms with van der Waals surface area (Å²) in [5.74, 6) is 0.713. The van der Waals surface area contributed by atoms with Gasteiger partial charge in [0.15, 0.2) is 0 Å². The number of nitrogens with zero attached hydrogens (tertiary/aromatic N) is 2. The number of sulfonamides is 1. The molecule has 8 heteroatoms. The average Bonchev–Trinajstić information content (AvgIpc) is 3.16. The molecule has 1 amide bonds. The number of nitrogens with one attached hydrogen (secondary N) is 1. The van der Waals surface area contributed by atoms with Crippen LogP contribution in [0.15, 0.2) is 17.5 Å². The highest BCUT2D eigenvalue weighted by Gasteiger charge is 2.29. The van der Waals surface area contributed by atoms with Gasteiger partial charge in [0.1, 0.15) is 0 Å². The number of piperidine rings is 2. The van der Waals surface area contributed by atoms with Crippen LogP contribution in [-0.4, -0.2) is 69.1 Å². The minimum Gasteiger partial charge on any atom is -0.355 e. The van der Waals surface area contributed by atoms with Crippen molar-refractivity contribution >= 4 is 27.3 Å². The number of likely N-dealkylation sites (tertiary alicyclic amines) is 1. The summed E-state index contributed by atoms with van der Waals surface area (Å²) in [6, 6.07) is 4.36. The highest BCUT2D eigenvalue weighted by Crippen LogP contribution is 2.30. The second kappa shape index (κ2) is 8.82. The molecule has 0 unspecified atom stereocenters. The Hall–Kier alpha value is -0.960. The monoisotopic (exact) mass is 399 g/mol. The molecule has 1 aromatic rings. The van der Waals surface area contributed by atoms with Crippen LogP contribution in [0.1, 0.15) is 36.5 Å². The number of carbonyl (C=O) groups is 1. The van der Waals surface area contributed by atoms with Gasteiger partial charge in [-0.15, -0.1) is 11.3 Å². The van der Waals surface area contributed by atoms with E-state index in [-0.39, 0.29) is 11.8 Å². The van der Waals surface area contributed by atoms with Gasteiger partial charge >= 0.3 is 0 Å². The molecule has 0 radical (unpaired) electrons. The van der Waals surface area contributed by atoms with Crippen LogP contribution in [0.25, 0.3) is 0 Å². The predicted octanol–water partition coefficient (Wildman–Crippen LogP) is 1.72. The lowest BCUT2D eigenvalue weighted by atomic mass is 9.95. The quantitative estimate of drug-likeness (QED) is 0.791. The van der Waals surface area contributed by atoms with E-state index in [2.05, 4.69) is 27.7 Å². The molecule has 0 aromatic carbocycles. The fraction of sp³-hybridized carbons (Fsp3) is 0.722. The second-order valence-corrected chi connectivity index (χ2v) is 10.3. The van der Waals surface area contributed by atoms with E-state index in [1.54, 1.807) is 0 Å². The lowest BCUT2D eigenvalue weighted by molar-refractivity contribution is -0.126. The van der Waals surface area contributed by atoms with Gasteiger partial charge < -0.3 is 10.2 Å². The van der Waals surface area contributed by atoms with Crippen molar-refractivity contribution in [2.45, 2.75) is 31.6 Å². The summed E-state index contributed by atoms with van der Waals surface area (Å²) in [5, 5.41) is 5.20. The van der Waals surface area contributed by atoms with Crippen LogP contribution >= 0.6 is 11.3 Å². The lowest BCUT2D eigenvalue weighted by Crippen LogP contribution is -2.44. The SMILES string of the molecule is CS(=O)(=O)N1CCC(C(=O)NCCN2CCC(c3cccs3)CC2)CC1. The van der Waals surface area contributed by atoms with Crippen LogP contribution < -0.4 is 5.32 Å². The first-order valence-electron chi connectivity index (χ1n) is 9.42. The smallest absolute Gasteiger partial charge is 0.223 e. The zero-order chi connectivity index (χ0) is 18.6. The zero-order valence-corrected chi connectivity index (χ0v) is 17.0. The van der Waals surface area contributed by atoms with Gasteiger partial charge in [-0.25, -0.2) is 12.7 Å². The Bertz CT molecular complexity index is 675. The molecule has 2 aliphatic heterocycles. The van der Waals surface area contributed by atoms with Gasteiger partial charge in [0, 0.05) is 37.0 Å². The fourth-order valence-corrected chi connectivity index (χ4v) is 5.67. The van der Waals surface area contributed by atoms with Crippen molar-refractivity contribution in [3.63, 3.8) is 0 Å². The molecule has 0 atom stereocenters. The molecule has 0 aliphatic carbocycles. The highest BCUT2D eigenvalue weighted by molar-refractivity contribution is 7.88. The topological polar surface area (TPSA) is 69.7 Å². The Labute approximate surface area is 160 Å².